The van der Waals surface area contributed by atoms with Crippen LogP contribution in [-0.4, -0.2) is 5.11 Å². The van der Waals surface area contributed by atoms with E-state index in [4.69, 9.17) is 0 Å². The van der Waals surface area contributed by atoms with E-state index in [1.807, 2.05) is 31.2 Å². The van der Waals surface area contributed by atoms with Crippen molar-refractivity contribution < 1.29 is 5.11 Å². The SMILES string of the molecule is C=CCCCC(O)c1cc(C)cc(Br)c1. The summed E-state index contributed by atoms with van der Waals surface area (Å²) >= 11 is 3.44. The van der Waals surface area contributed by atoms with E-state index in [1.54, 1.807) is 0 Å². The van der Waals surface area contributed by atoms with Crippen molar-refractivity contribution in [1.82, 2.24) is 0 Å². The molecule has 15 heavy (non-hydrogen) atoms. The Labute approximate surface area is 100.0 Å². The lowest BCUT2D eigenvalue weighted by molar-refractivity contribution is 0.165. The number of hydrogen-bond acceptors (Lipinski definition) is 1. The van der Waals surface area contributed by atoms with E-state index in [-0.39, 0.29) is 6.10 Å². The van der Waals surface area contributed by atoms with E-state index >= 15 is 0 Å². The van der Waals surface area contributed by atoms with Crippen LogP contribution < -0.4 is 0 Å². The third kappa shape index (κ3) is 4.18. The molecule has 0 saturated heterocycles. The topological polar surface area (TPSA) is 20.2 Å². The Kier molecular flexibility index (Phi) is 5.06. The number of unbranched alkanes of at least 4 members (excludes halogenated alkanes) is 1. The zero-order chi connectivity index (χ0) is 11.3. The van der Waals surface area contributed by atoms with Gasteiger partial charge in [-0.25, -0.2) is 0 Å². The van der Waals surface area contributed by atoms with Gasteiger partial charge in [-0.1, -0.05) is 28.1 Å². The van der Waals surface area contributed by atoms with E-state index in [0.29, 0.717) is 0 Å². The van der Waals surface area contributed by atoms with Crippen LogP contribution in [0.1, 0.15) is 36.5 Å². The summed E-state index contributed by atoms with van der Waals surface area (Å²) in [6.07, 6.45) is 4.27. The number of aliphatic hydroxyl groups is 1. The van der Waals surface area contributed by atoms with Gasteiger partial charge in [0.1, 0.15) is 0 Å². The summed E-state index contributed by atoms with van der Waals surface area (Å²) in [5.41, 5.74) is 2.16. The van der Waals surface area contributed by atoms with Crippen molar-refractivity contribution in [2.45, 2.75) is 32.3 Å². The highest BCUT2D eigenvalue weighted by Crippen LogP contribution is 2.24. The standard InChI is InChI=1S/C13H17BrO/c1-3-4-5-6-13(15)11-7-10(2)8-12(14)9-11/h3,7-9,13,15H,1,4-6H2,2H3. The molecule has 0 aromatic heterocycles. The average molecular weight is 269 g/mol. The van der Waals surface area contributed by atoms with Gasteiger partial charge in [0, 0.05) is 4.47 Å². The minimum Gasteiger partial charge on any atom is -0.388 e. The van der Waals surface area contributed by atoms with Gasteiger partial charge < -0.3 is 5.11 Å². The largest absolute Gasteiger partial charge is 0.388 e. The second-order valence-corrected chi connectivity index (χ2v) is 4.71. The van der Waals surface area contributed by atoms with Gasteiger partial charge >= 0.3 is 0 Å². The minimum atomic E-state index is -0.360. The van der Waals surface area contributed by atoms with Crippen molar-refractivity contribution in [3.8, 4) is 0 Å². The lowest BCUT2D eigenvalue weighted by Gasteiger charge is -2.11. The van der Waals surface area contributed by atoms with Crippen LogP contribution >= 0.6 is 15.9 Å². The predicted molar refractivity (Wildman–Crippen MR) is 67.9 cm³/mol. The first kappa shape index (κ1) is 12.5. The van der Waals surface area contributed by atoms with Crippen molar-refractivity contribution in [1.29, 1.82) is 0 Å². The van der Waals surface area contributed by atoms with Crippen LogP contribution in [0.2, 0.25) is 0 Å². The van der Waals surface area contributed by atoms with E-state index in [2.05, 4.69) is 22.5 Å². The monoisotopic (exact) mass is 268 g/mol. The van der Waals surface area contributed by atoms with Gasteiger partial charge in [-0.3, -0.25) is 0 Å². The van der Waals surface area contributed by atoms with Crippen LogP contribution in [0.5, 0.6) is 0 Å². The molecule has 0 radical (unpaired) electrons. The summed E-state index contributed by atoms with van der Waals surface area (Å²) in [4.78, 5) is 0. The first-order chi connectivity index (χ1) is 7.13. The normalized spacial score (nSPS) is 12.5. The molecule has 0 spiro atoms. The summed E-state index contributed by atoms with van der Waals surface area (Å²) < 4.78 is 1.03. The van der Waals surface area contributed by atoms with Gasteiger partial charge in [0.2, 0.25) is 0 Å². The highest BCUT2D eigenvalue weighted by atomic mass is 79.9. The molecule has 1 atom stereocenters. The van der Waals surface area contributed by atoms with Gasteiger partial charge in [-0.05, 0) is 49.4 Å². The maximum absolute atomic E-state index is 9.94. The molecule has 82 valence electrons. The number of halogens is 1. The number of allylic oxidation sites excluding steroid dienone is 1. The van der Waals surface area contributed by atoms with Gasteiger partial charge in [0.05, 0.1) is 6.10 Å². The van der Waals surface area contributed by atoms with Crippen molar-refractivity contribution in [3.63, 3.8) is 0 Å². The lowest BCUT2D eigenvalue weighted by atomic mass is 10.0. The molecule has 1 aromatic carbocycles. The fraction of sp³-hybridized carbons (Fsp3) is 0.385. The van der Waals surface area contributed by atoms with Crippen LogP contribution in [0.25, 0.3) is 0 Å². The van der Waals surface area contributed by atoms with Gasteiger partial charge in [-0.15, -0.1) is 6.58 Å². The molecule has 1 rings (SSSR count). The summed E-state index contributed by atoms with van der Waals surface area (Å²) in [5.74, 6) is 0. The molecule has 0 aliphatic heterocycles. The Morgan fingerprint density at radius 3 is 2.80 bits per heavy atom. The number of aryl methyl sites for hydroxylation is 1. The molecular formula is C13H17BrO. The molecule has 0 saturated carbocycles. The van der Waals surface area contributed by atoms with Crippen molar-refractivity contribution in [3.05, 3.63) is 46.5 Å². The Morgan fingerprint density at radius 1 is 1.47 bits per heavy atom. The van der Waals surface area contributed by atoms with Crippen LogP contribution in [0, 0.1) is 6.92 Å². The highest BCUT2D eigenvalue weighted by Gasteiger charge is 2.07. The van der Waals surface area contributed by atoms with E-state index < -0.39 is 0 Å². The first-order valence-electron chi connectivity index (χ1n) is 5.19. The number of benzene rings is 1. The Hall–Kier alpha value is -0.600. The smallest absolute Gasteiger partial charge is 0.0790 e. The van der Waals surface area contributed by atoms with Crippen LogP contribution in [0.15, 0.2) is 35.3 Å². The predicted octanol–water partition coefficient (Wildman–Crippen LogP) is 4.15. The van der Waals surface area contributed by atoms with Crippen molar-refractivity contribution in [2.75, 3.05) is 0 Å². The molecule has 0 aliphatic carbocycles. The minimum absolute atomic E-state index is 0.360. The summed E-state index contributed by atoms with van der Waals surface area (Å²) in [7, 11) is 0. The second-order valence-electron chi connectivity index (χ2n) is 3.80. The van der Waals surface area contributed by atoms with Crippen LogP contribution in [-0.2, 0) is 0 Å². The Morgan fingerprint density at radius 2 is 2.20 bits per heavy atom. The second kappa shape index (κ2) is 6.09. The quantitative estimate of drug-likeness (QED) is 0.629. The maximum atomic E-state index is 9.94. The summed E-state index contributed by atoms with van der Waals surface area (Å²) in [5, 5.41) is 9.94. The molecule has 0 aliphatic rings. The molecule has 0 bridgehead atoms. The van der Waals surface area contributed by atoms with E-state index in [1.165, 1.54) is 5.56 Å². The summed E-state index contributed by atoms with van der Waals surface area (Å²) in [6.45, 7) is 5.70. The first-order valence-corrected chi connectivity index (χ1v) is 5.99. The molecule has 1 N–H and O–H groups in total. The van der Waals surface area contributed by atoms with Crippen molar-refractivity contribution >= 4 is 15.9 Å². The molecule has 0 amide bonds. The molecule has 1 nitrogen and oxygen atoms in total. The molecule has 0 heterocycles. The third-order valence-corrected chi connectivity index (χ3v) is 2.79. The van der Waals surface area contributed by atoms with E-state index in [0.717, 1.165) is 29.3 Å². The molecule has 2 heteroatoms. The zero-order valence-electron chi connectivity index (χ0n) is 9.04. The zero-order valence-corrected chi connectivity index (χ0v) is 10.6. The van der Waals surface area contributed by atoms with Crippen LogP contribution in [0.4, 0.5) is 0 Å². The number of rotatable bonds is 5. The highest BCUT2D eigenvalue weighted by molar-refractivity contribution is 9.10. The van der Waals surface area contributed by atoms with E-state index in [9.17, 15) is 5.11 Å². The number of aliphatic hydroxyl groups excluding tert-OH is 1. The van der Waals surface area contributed by atoms with Crippen molar-refractivity contribution in [2.24, 2.45) is 0 Å². The molecule has 0 fully saturated rings. The number of hydrogen-bond donors (Lipinski definition) is 1. The van der Waals surface area contributed by atoms with Gasteiger partial charge in [0.15, 0.2) is 0 Å². The molecule has 1 aromatic rings. The Balaban J connectivity index is 2.64. The average Bonchev–Trinajstić information content (AvgIpc) is 2.16. The lowest BCUT2D eigenvalue weighted by Crippen LogP contribution is -1.97. The molecular weight excluding hydrogens is 252 g/mol. The maximum Gasteiger partial charge on any atom is 0.0790 e. The Bertz CT molecular complexity index is 313. The van der Waals surface area contributed by atoms with Gasteiger partial charge in [0.25, 0.3) is 0 Å². The van der Waals surface area contributed by atoms with Gasteiger partial charge in [-0.2, -0.15) is 0 Å². The molecule has 1 unspecified atom stereocenters. The fourth-order valence-electron chi connectivity index (χ4n) is 1.58. The fourth-order valence-corrected chi connectivity index (χ4v) is 2.20. The van der Waals surface area contributed by atoms with Crippen LogP contribution in [0.3, 0.4) is 0 Å². The third-order valence-electron chi connectivity index (χ3n) is 2.34. The summed E-state index contributed by atoms with van der Waals surface area (Å²) in [6, 6.07) is 6.05.